The standard InChI is InChI=1S/C13H10BrNO/c1-9(16)11-6-12(8-13(14)7-11)10-2-4-15-5-3-10/h2-8H,1H3. The van der Waals surface area contributed by atoms with Crippen LogP contribution in [0, 0.1) is 0 Å². The first kappa shape index (κ1) is 11.0. The SMILES string of the molecule is CC(=O)c1cc(Br)cc(-c2ccncc2)c1. The molecule has 2 nitrogen and oxygen atoms in total. The number of pyridine rings is 1. The summed E-state index contributed by atoms with van der Waals surface area (Å²) in [6.45, 7) is 1.57. The first-order valence-electron chi connectivity index (χ1n) is 4.89. The van der Waals surface area contributed by atoms with Gasteiger partial charge in [0.2, 0.25) is 0 Å². The van der Waals surface area contributed by atoms with E-state index in [0.29, 0.717) is 5.56 Å². The summed E-state index contributed by atoms with van der Waals surface area (Å²) < 4.78 is 0.909. The van der Waals surface area contributed by atoms with Gasteiger partial charge < -0.3 is 0 Å². The Bertz CT molecular complexity index is 523. The molecule has 1 aromatic heterocycles. The molecule has 0 spiro atoms. The number of ketones is 1. The molecule has 0 aliphatic carbocycles. The highest BCUT2D eigenvalue weighted by Gasteiger charge is 2.04. The number of rotatable bonds is 2. The Kier molecular flexibility index (Phi) is 3.15. The second-order valence-corrected chi connectivity index (χ2v) is 4.44. The number of Topliss-reactive ketones (excluding diaryl/α,β-unsaturated/α-hetero) is 1. The van der Waals surface area contributed by atoms with Crippen molar-refractivity contribution in [2.24, 2.45) is 0 Å². The number of nitrogens with zero attached hydrogens (tertiary/aromatic N) is 1. The highest BCUT2D eigenvalue weighted by Crippen LogP contribution is 2.24. The van der Waals surface area contributed by atoms with Gasteiger partial charge in [-0.3, -0.25) is 9.78 Å². The van der Waals surface area contributed by atoms with Crippen LogP contribution in [0.15, 0.2) is 47.2 Å². The van der Waals surface area contributed by atoms with E-state index in [1.807, 2.05) is 30.3 Å². The lowest BCUT2D eigenvalue weighted by Gasteiger charge is -2.04. The van der Waals surface area contributed by atoms with Crippen molar-refractivity contribution in [1.29, 1.82) is 0 Å². The van der Waals surface area contributed by atoms with Crippen molar-refractivity contribution in [3.05, 3.63) is 52.8 Å². The van der Waals surface area contributed by atoms with Crippen LogP contribution in [-0.4, -0.2) is 10.8 Å². The molecule has 1 aromatic carbocycles. The molecular formula is C13H10BrNO. The Morgan fingerprint density at radius 1 is 1.12 bits per heavy atom. The van der Waals surface area contributed by atoms with E-state index < -0.39 is 0 Å². The lowest BCUT2D eigenvalue weighted by Crippen LogP contribution is -1.92. The molecule has 0 fully saturated rings. The first-order valence-corrected chi connectivity index (χ1v) is 5.68. The fourth-order valence-electron chi connectivity index (χ4n) is 1.50. The number of hydrogen-bond donors (Lipinski definition) is 0. The molecule has 2 rings (SSSR count). The van der Waals surface area contributed by atoms with Crippen LogP contribution in [0.1, 0.15) is 17.3 Å². The van der Waals surface area contributed by atoms with Gasteiger partial charge in [0, 0.05) is 22.4 Å². The third kappa shape index (κ3) is 2.36. The zero-order valence-corrected chi connectivity index (χ0v) is 10.4. The van der Waals surface area contributed by atoms with E-state index in [2.05, 4.69) is 20.9 Å². The van der Waals surface area contributed by atoms with E-state index in [-0.39, 0.29) is 5.78 Å². The normalized spacial score (nSPS) is 10.1. The molecule has 0 atom stereocenters. The minimum Gasteiger partial charge on any atom is -0.295 e. The van der Waals surface area contributed by atoms with Gasteiger partial charge in [-0.15, -0.1) is 0 Å². The molecule has 0 saturated heterocycles. The van der Waals surface area contributed by atoms with Crippen LogP contribution in [-0.2, 0) is 0 Å². The van der Waals surface area contributed by atoms with Crippen molar-refractivity contribution in [2.75, 3.05) is 0 Å². The van der Waals surface area contributed by atoms with Gasteiger partial charge in [-0.1, -0.05) is 15.9 Å². The average molecular weight is 276 g/mol. The summed E-state index contributed by atoms with van der Waals surface area (Å²) in [6, 6.07) is 9.55. The number of aromatic nitrogens is 1. The Morgan fingerprint density at radius 2 is 1.81 bits per heavy atom. The van der Waals surface area contributed by atoms with Crippen LogP contribution >= 0.6 is 15.9 Å². The molecular weight excluding hydrogens is 266 g/mol. The number of hydrogen-bond acceptors (Lipinski definition) is 2. The number of halogens is 1. The lowest BCUT2D eigenvalue weighted by molar-refractivity contribution is 0.101. The van der Waals surface area contributed by atoms with Crippen LogP contribution in [0.3, 0.4) is 0 Å². The van der Waals surface area contributed by atoms with Crippen LogP contribution < -0.4 is 0 Å². The monoisotopic (exact) mass is 275 g/mol. The maximum atomic E-state index is 11.3. The fourth-order valence-corrected chi connectivity index (χ4v) is 2.00. The topological polar surface area (TPSA) is 30.0 Å². The summed E-state index contributed by atoms with van der Waals surface area (Å²) in [5.41, 5.74) is 2.78. The van der Waals surface area contributed by atoms with Gasteiger partial charge in [0.05, 0.1) is 0 Å². The van der Waals surface area contributed by atoms with E-state index >= 15 is 0 Å². The molecule has 80 valence electrons. The third-order valence-electron chi connectivity index (χ3n) is 2.32. The second kappa shape index (κ2) is 4.58. The molecule has 0 aliphatic heterocycles. The van der Waals surface area contributed by atoms with Gasteiger partial charge in [-0.05, 0) is 48.4 Å². The maximum absolute atomic E-state index is 11.3. The van der Waals surface area contributed by atoms with Crippen molar-refractivity contribution in [3.63, 3.8) is 0 Å². The Balaban J connectivity index is 2.54. The van der Waals surface area contributed by atoms with Gasteiger partial charge in [-0.2, -0.15) is 0 Å². The van der Waals surface area contributed by atoms with Crippen molar-refractivity contribution in [3.8, 4) is 11.1 Å². The van der Waals surface area contributed by atoms with Crippen LogP contribution in [0.25, 0.3) is 11.1 Å². The predicted octanol–water partition coefficient (Wildman–Crippen LogP) is 3.71. The van der Waals surface area contributed by atoms with E-state index in [1.165, 1.54) is 0 Å². The van der Waals surface area contributed by atoms with E-state index in [1.54, 1.807) is 19.3 Å². The summed E-state index contributed by atoms with van der Waals surface area (Å²) in [4.78, 5) is 15.3. The Hall–Kier alpha value is -1.48. The quantitative estimate of drug-likeness (QED) is 0.782. The molecule has 2 aromatic rings. The van der Waals surface area contributed by atoms with Crippen molar-refractivity contribution >= 4 is 21.7 Å². The summed E-state index contributed by atoms with van der Waals surface area (Å²) >= 11 is 3.41. The van der Waals surface area contributed by atoms with Gasteiger partial charge >= 0.3 is 0 Å². The number of benzene rings is 1. The second-order valence-electron chi connectivity index (χ2n) is 3.52. The van der Waals surface area contributed by atoms with Crippen LogP contribution in [0.2, 0.25) is 0 Å². The van der Waals surface area contributed by atoms with Gasteiger partial charge in [0.1, 0.15) is 0 Å². The van der Waals surface area contributed by atoms with Crippen molar-refractivity contribution < 1.29 is 4.79 Å². The minimum absolute atomic E-state index is 0.0663. The molecule has 0 amide bonds. The summed E-state index contributed by atoms with van der Waals surface area (Å²) in [5.74, 6) is 0.0663. The fraction of sp³-hybridized carbons (Fsp3) is 0.0769. The zero-order valence-electron chi connectivity index (χ0n) is 8.77. The molecule has 0 saturated carbocycles. The molecule has 0 bridgehead atoms. The molecule has 0 N–H and O–H groups in total. The van der Waals surface area contributed by atoms with Crippen molar-refractivity contribution in [1.82, 2.24) is 4.98 Å². The minimum atomic E-state index is 0.0663. The van der Waals surface area contributed by atoms with Gasteiger partial charge in [-0.25, -0.2) is 0 Å². The molecule has 16 heavy (non-hydrogen) atoms. The van der Waals surface area contributed by atoms with Crippen molar-refractivity contribution in [2.45, 2.75) is 6.92 Å². The van der Waals surface area contributed by atoms with Crippen LogP contribution in [0.4, 0.5) is 0 Å². The van der Waals surface area contributed by atoms with Crippen LogP contribution in [0.5, 0.6) is 0 Å². The summed E-state index contributed by atoms with van der Waals surface area (Å²) in [7, 11) is 0. The molecule has 3 heteroatoms. The molecule has 0 aliphatic rings. The lowest BCUT2D eigenvalue weighted by atomic mass is 10.0. The first-order chi connectivity index (χ1) is 7.66. The zero-order chi connectivity index (χ0) is 11.5. The Labute approximate surface area is 102 Å². The van der Waals surface area contributed by atoms with Gasteiger partial charge in [0.25, 0.3) is 0 Å². The Morgan fingerprint density at radius 3 is 2.44 bits per heavy atom. The molecule has 1 heterocycles. The maximum Gasteiger partial charge on any atom is 0.159 e. The van der Waals surface area contributed by atoms with E-state index in [9.17, 15) is 4.79 Å². The molecule has 0 unspecified atom stereocenters. The predicted molar refractivity (Wildman–Crippen MR) is 67.4 cm³/mol. The highest BCUT2D eigenvalue weighted by molar-refractivity contribution is 9.10. The smallest absolute Gasteiger partial charge is 0.159 e. The highest BCUT2D eigenvalue weighted by atomic mass is 79.9. The summed E-state index contributed by atoms with van der Waals surface area (Å²) in [6.07, 6.45) is 3.48. The number of carbonyl (C=O) groups excluding carboxylic acids is 1. The number of carbonyl (C=O) groups is 1. The van der Waals surface area contributed by atoms with E-state index in [0.717, 1.165) is 15.6 Å². The molecule has 0 radical (unpaired) electrons. The largest absolute Gasteiger partial charge is 0.295 e. The van der Waals surface area contributed by atoms with Gasteiger partial charge in [0.15, 0.2) is 5.78 Å². The average Bonchev–Trinajstić information content (AvgIpc) is 2.29. The van der Waals surface area contributed by atoms with E-state index in [4.69, 9.17) is 0 Å². The summed E-state index contributed by atoms with van der Waals surface area (Å²) in [5, 5.41) is 0. The third-order valence-corrected chi connectivity index (χ3v) is 2.78.